The van der Waals surface area contributed by atoms with Gasteiger partial charge >= 0.3 is 11.9 Å². The molecule has 7 heteroatoms. The second kappa shape index (κ2) is 17.0. The fourth-order valence-electron chi connectivity index (χ4n) is 3.83. The number of carboxylic acid groups (broad SMARTS) is 2. The Morgan fingerprint density at radius 1 is 0.784 bits per heavy atom. The van der Waals surface area contributed by atoms with Gasteiger partial charge in [-0.05, 0) is 48.4 Å². The molecule has 0 unspecified atom stereocenters. The number of rotatable bonds is 19. The highest BCUT2D eigenvalue weighted by Crippen LogP contribution is 2.23. The van der Waals surface area contributed by atoms with Crippen molar-refractivity contribution in [1.82, 2.24) is 0 Å². The van der Waals surface area contributed by atoms with Gasteiger partial charge in [-0.2, -0.15) is 0 Å². The topological polar surface area (TPSA) is 110 Å². The lowest BCUT2D eigenvalue weighted by molar-refractivity contribution is -0.139. The average molecular weight is 511 g/mol. The number of benzene rings is 2. The van der Waals surface area contributed by atoms with Gasteiger partial charge in [-0.25, -0.2) is 9.59 Å². The molecule has 0 bridgehead atoms. The molecule has 0 fully saturated rings. The molecule has 2 N–H and O–H groups in total. The number of unbranched alkanes of at least 4 members (excludes halogenated alkanes) is 9. The zero-order chi connectivity index (χ0) is 26.9. The maximum Gasteiger partial charge on any atom is 0.341 e. The minimum absolute atomic E-state index is 0.0824. The monoisotopic (exact) mass is 510 g/mol. The third kappa shape index (κ3) is 11.8. The maximum absolute atomic E-state index is 12.7. The van der Waals surface area contributed by atoms with Crippen molar-refractivity contribution in [1.29, 1.82) is 0 Å². The van der Waals surface area contributed by atoms with Crippen LogP contribution in [0.25, 0.3) is 6.08 Å². The predicted molar refractivity (Wildman–Crippen MR) is 144 cm³/mol. The van der Waals surface area contributed by atoms with E-state index in [4.69, 9.17) is 19.7 Å². The van der Waals surface area contributed by atoms with Crippen molar-refractivity contribution in [3.8, 4) is 11.5 Å². The highest BCUT2D eigenvalue weighted by Gasteiger charge is 2.15. The van der Waals surface area contributed by atoms with E-state index in [1.807, 2.05) is 24.3 Å². The second-order valence-electron chi connectivity index (χ2n) is 9.00. The van der Waals surface area contributed by atoms with E-state index in [0.29, 0.717) is 6.61 Å². The normalized spacial score (nSPS) is 10.9. The first-order chi connectivity index (χ1) is 17.9. The van der Waals surface area contributed by atoms with Crippen LogP contribution in [0.3, 0.4) is 0 Å². The van der Waals surface area contributed by atoms with Crippen LogP contribution in [0.2, 0.25) is 0 Å². The number of carboxylic acids is 2. The summed E-state index contributed by atoms with van der Waals surface area (Å²) in [6.07, 6.45) is 15.7. The van der Waals surface area contributed by atoms with Crippen molar-refractivity contribution in [2.45, 2.75) is 71.1 Å². The number of aliphatic carboxylic acids is 1. The van der Waals surface area contributed by atoms with Gasteiger partial charge in [0, 0.05) is 0 Å². The molecule has 0 atom stereocenters. The Bertz CT molecular complexity index is 1020. The largest absolute Gasteiger partial charge is 0.494 e. The van der Waals surface area contributed by atoms with Crippen molar-refractivity contribution >= 4 is 23.8 Å². The smallest absolute Gasteiger partial charge is 0.341 e. The fraction of sp³-hybridized carbons (Fsp3) is 0.433. The Hall–Kier alpha value is -3.61. The number of aromatic carboxylic acids is 1. The summed E-state index contributed by atoms with van der Waals surface area (Å²) in [5, 5.41) is 18.0. The SMILES string of the molecule is CCCCCCCCCCCCOc1ccc(/C=C/C(=O)c2ccc(C(=O)O)cc2OCC(=O)O)cc1. The van der Waals surface area contributed by atoms with Gasteiger partial charge in [0.05, 0.1) is 17.7 Å². The number of carbonyl (C=O) groups is 3. The van der Waals surface area contributed by atoms with E-state index in [-0.39, 0.29) is 16.9 Å². The zero-order valence-corrected chi connectivity index (χ0v) is 21.6. The first-order valence-electron chi connectivity index (χ1n) is 13.1. The van der Waals surface area contributed by atoms with Crippen LogP contribution in [0.5, 0.6) is 11.5 Å². The third-order valence-electron chi connectivity index (χ3n) is 5.92. The van der Waals surface area contributed by atoms with Crippen molar-refractivity contribution in [2.75, 3.05) is 13.2 Å². The van der Waals surface area contributed by atoms with Crippen LogP contribution >= 0.6 is 0 Å². The summed E-state index contributed by atoms with van der Waals surface area (Å²) >= 11 is 0. The fourth-order valence-corrected chi connectivity index (χ4v) is 3.83. The predicted octanol–water partition coefficient (Wildman–Crippen LogP) is 7.04. The molecule has 2 aromatic rings. The molecule has 2 rings (SSSR count). The van der Waals surface area contributed by atoms with Crippen LogP contribution in [0, 0.1) is 0 Å². The maximum atomic E-state index is 12.7. The number of hydrogen-bond acceptors (Lipinski definition) is 5. The molecule has 0 heterocycles. The van der Waals surface area contributed by atoms with Crippen LogP contribution in [0.1, 0.15) is 97.4 Å². The van der Waals surface area contributed by atoms with Gasteiger partial charge in [0.1, 0.15) is 11.5 Å². The lowest BCUT2D eigenvalue weighted by atomic mass is 10.1. The Morgan fingerprint density at radius 3 is 2.00 bits per heavy atom. The summed E-state index contributed by atoms with van der Waals surface area (Å²) in [6, 6.07) is 11.1. The molecule has 200 valence electrons. The zero-order valence-electron chi connectivity index (χ0n) is 21.6. The van der Waals surface area contributed by atoms with Crippen molar-refractivity contribution in [2.24, 2.45) is 0 Å². The number of hydrogen-bond donors (Lipinski definition) is 2. The van der Waals surface area contributed by atoms with E-state index in [2.05, 4.69) is 6.92 Å². The van der Waals surface area contributed by atoms with Crippen molar-refractivity contribution in [3.05, 3.63) is 65.2 Å². The summed E-state index contributed by atoms with van der Waals surface area (Å²) in [7, 11) is 0. The molecular formula is C30H38O7. The molecule has 0 amide bonds. The van der Waals surface area contributed by atoms with E-state index in [9.17, 15) is 14.4 Å². The Labute approximate surface area is 219 Å². The van der Waals surface area contributed by atoms with Crippen LogP contribution in [-0.4, -0.2) is 41.1 Å². The molecule has 0 saturated carbocycles. The third-order valence-corrected chi connectivity index (χ3v) is 5.92. The molecule has 0 aliphatic heterocycles. The summed E-state index contributed by atoms with van der Waals surface area (Å²) in [4.78, 5) is 34.7. The van der Waals surface area contributed by atoms with Crippen LogP contribution in [0.15, 0.2) is 48.5 Å². The number of ether oxygens (including phenoxy) is 2. The molecule has 0 saturated heterocycles. The van der Waals surface area contributed by atoms with Gasteiger partial charge < -0.3 is 19.7 Å². The van der Waals surface area contributed by atoms with Gasteiger partial charge in [-0.3, -0.25) is 4.79 Å². The van der Waals surface area contributed by atoms with E-state index >= 15 is 0 Å². The standard InChI is InChI=1S/C30H38O7/c1-2-3-4-5-6-7-8-9-10-11-20-36-25-16-12-23(13-17-25)14-19-27(31)26-18-15-24(30(34)35)21-28(26)37-22-29(32)33/h12-19,21H,2-11,20,22H2,1H3,(H,32,33)(H,34,35)/b19-14+. The minimum Gasteiger partial charge on any atom is -0.494 e. The lowest BCUT2D eigenvalue weighted by Crippen LogP contribution is -2.12. The van der Waals surface area contributed by atoms with E-state index < -0.39 is 24.3 Å². The molecule has 0 aromatic heterocycles. The second-order valence-corrected chi connectivity index (χ2v) is 9.00. The van der Waals surface area contributed by atoms with Gasteiger partial charge in [-0.1, -0.05) is 82.9 Å². The highest BCUT2D eigenvalue weighted by molar-refractivity contribution is 6.09. The quantitative estimate of drug-likeness (QED) is 0.118. The molecule has 2 aromatic carbocycles. The Morgan fingerprint density at radius 2 is 1.41 bits per heavy atom. The van der Waals surface area contributed by atoms with E-state index in [1.54, 1.807) is 6.08 Å². The highest BCUT2D eigenvalue weighted by atomic mass is 16.5. The Kier molecular flexibility index (Phi) is 13.6. The molecule has 7 nitrogen and oxygen atoms in total. The van der Waals surface area contributed by atoms with Gasteiger partial charge in [0.25, 0.3) is 0 Å². The van der Waals surface area contributed by atoms with Crippen LogP contribution < -0.4 is 9.47 Å². The minimum atomic E-state index is -1.23. The molecule has 0 radical (unpaired) electrons. The van der Waals surface area contributed by atoms with Crippen molar-refractivity contribution < 1.29 is 34.1 Å². The number of ketones is 1. The molecule has 0 aliphatic carbocycles. The molecular weight excluding hydrogens is 472 g/mol. The summed E-state index contributed by atoms with van der Waals surface area (Å²) in [6.45, 7) is 2.23. The summed E-state index contributed by atoms with van der Waals surface area (Å²) in [5.74, 6) is -2.19. The van der Waals surface area contributed by atoms with Gasteiger partial charge in [-0.15, -0.1) is 0 Å². The average Bonchev–Trinajstić information content (AvgIpc) is 2.89. The first kappa shape index (κ1) is 29.6. The summed E-state index contributed by atoms with van der Waals surface area (Å²) in [5.41, 5.74) is 0.767. The number of carbonyl (C=O) groups excluding carboxylic acids is 1. The van der Waals surface area contributed by atoms with Gasteiger partial charge in [0.2, 0.25) is 0 Å². The molecule has 0 aliphatic rings. The van der Waals surface area contributed by atoms with Crippen LogP contribution in [-0.2, 0) is 4.79 Å². The van der Waals surface area contributed by atoms with E-state index in [0.717, 1.165) is 23.8 Å². The van der Waals surface area contributed by atoms with Crippen LogP contribution in [0.4, 0.5) is 0 Å². The summed E-state index contributed by atoms with van der Waals surface area (Å²) < 4.78 is 11.0. The van der Waals surface area contributed by atoms with E-state index in [1.165, 1.54) is 76.0 Å². The number of allylic oxidation sites excluding steroid dienone is 1. The molecule has 37 heavy (non-hydrogen) atoms. The first-order valence-corrected chi connectivity index (χ1v) is 13.1. The molecule has 0 spiro atoms. The van der Waals surface area contributed by atoms with Gasteiger partial charge in [0.15, 0.2) is 12.4 Å². The lowest BCUT2D eigenvalue weighted by Gasteiger charge is -2.09. The van der Waals surface area contributed by atoms with Crippen molar-refractivity contribution in [3.63, 3.8) is 0 Å². The Balaban J connectivity index is 1.78.